The summed E-state index contributed by atoms with van der Waals surface area (Å²) in [5, 5.41) is 8.41. The second-order valence-electron chi connectivity index (χ2n) is 7.30. The number of ether oxygens (including phenoxy) is 1. The number of Topliss-reactive ketones (excluding diaryl/α,β-unsaturated/α-hetero) is 1. The fourth-order valence-electron chi connectivity index (χ4n) is 4.22. The number of allylic oxidation sites excluding steroid dienone is 2. The highest BCUT2D eigenvalue weighted by atomic mass is 35.5. The molecule has 6 nitrogen and oxygen atoms in total. The molecule has 0 amide bonds. The highest BCUT2D eigenvalue weighted by Crippen LogP contribution is 2.44. The molecule has 7 heteroatoms. The third kappa shape index (κ3) is 3.09. The number of hydrogen-bond acceptors (Lipinski definition) is 5. The minimum Gasteiger partial charge on any atom is -0.497 e. The molecule has 1 aromatic heterocycles. The molecule has 2 atom stereocenters. The molecule has 2 aliphatic rings. The molecule has 0 bridgehead atoms. The molecule has 2 heterocycles. The number of carbonyl (C=O) groups excluding carboxylic acids is 1. The molecule has 29 heavy (non-hydrogen) atoms. The van der Waals surface area contributed by atoms with Crippen LogP contribution in [0.2, 0.25) is 5.02 Å². The minimum atomic E-state index is -0.298. The van der Waals surface area contributed by atoms with E-state index in [-0.39, 0.29) is 17.7 Å². The van der Waals surface area contributed by atoms with Crippen LogP contribution in [0.4, 0.5) is 5.95 Å². The van der Waals surface area contributed by atoms with Gasteiger partial charge in [-0.25, -0.2) is 4.68 Å². The third-order valence-corrected chi connectivity index (χ3v) is 5.89. The Labute approximate surface area is 173 Å². The van der Waals surface area contributed by atoms with Gasteiger partial charge >= 0.3 is 0 Å². The Morgan fingerprint density at radius 1 is 1.07 bits per heavy atom. The normalized spacial score (nSPS) is 20.7. The minimum absolute atomic E-state index is 0.108. The van der Waals surface area contributed by atoms with E-state index in [1.165, 1.54) is 6.33 Å². The average molecular weight is 407 g/mol. The molecule has 0 unspecified atom stereocenters. The Morgan fingerprint density at radius 2 is 1.79 bits per heavy atom. The number of hydrogen-bond donors (Lipinski definition) is 1. The maximum absolute atomic E-state index is 13.3. The predicted octanol–water partition coefficient (Wildman–Crippen LogP) is 4.36. The monoisotopic (exact) mass is 406 g/mol. The van der Waals surface area contributed by atoms with Gasteiger partial charge in [0.05, 0.1) is 7.11 Å². The molecule has 1 aliphatic carbocycles. The van der Waals surface area contributed by atoms with Gasteiger partial charge in [0.1, 0.15) is 18.1 Å². The van der Waals surface area contributed by atoms with Crippen molar-refractivity contribution in [3.05, 3.63) is 82.3 Å². The maximum atomic E-state index is 13.3. The Morgan fingerprint density at radius 3 is 2.52 bits per heavy atom. The fraction of sp³-hybridized carbons (Fsp3) is 0.227. The van der Waals surface area contributed by atoms with Crippen molar-refractivity contribution in [2.24, 2.45) is 0 Å². The highest BCUT2D eigenvalue weighted by Gasteiger charge is 2.39. The van der Waals surface area contributed by atoms with E-state index in [2.05, 4.69) is 15.4 Å². The number of carbonyl (C=O) groups is 1. The quantitative estimate of drug-likeness (QED) is 0.700. The van der Waals surface area contributed by atoms with E-state index in [4.69, 9.17) is 16.3 Å². The zero-order valence-electron chi connectivity index (χ0n) is 15.8. The van der Waals surface area contributed by atoms with E-state index in [1.807, 2.05) is 48.5 Å². The van der Waals surface area contributed by atoms with Gasteiger partial charge in [0, 0.05) is 22.7 Å². The fourth-order valence-corrected chi connectivity index (χ4v) is 4.34. The molecule has 1 aliphatic heterocycles. The van der Waals surface area contributed by atoms with Crippen LogP contribution in [0.1, 0.15) is 35.9 Å². The first-order chi connectivity index (χ1) is 14.1. The smallest absolute Gasteiger partial charge is 0.226 e. The zero-order chi connectivity index (χ0) is 20.0. The molecule has 2 aromatic carbocycles. The van der Waals surface area contributed by atoms with E-state index < -0.39 is 0 Å². The number of fused-ring (bicyclic) bond motifs is 1. The van der Waals surface area contributed by atoms with Crippen molar-refractivity contribution in [2.75, 3.05) is 12.4 Å². The summed E-state index contributed by atoms with van der Waals surface area (Å²) in [6.07, 6.45) is 2.71. The molecule has 0 saturated carbocycles. The lowest BCUT2D eigenvalue weighted by Crippen LogP contribution is -2.33. The molecule has 0 fully saturated rings. The van der Waals surface area contributed by atoms with Gasteiger partial charge in [-0.05, 0) is 47.7 Å². The summed E-state index contributed by atoms with van der Waals surface area (Å²) in [6.45, 7) is 0. The number of methoxy groups -OCH3 is 1. The molecule has 3 aromatic rings. The molecule has 0 spiro atoms. The molecule has 5 rings (SSSR count). The van der Waals surface area contributed by atoms with Crippen molar-refractivity contribution in [2.45, 2.75) is 24.8 Å². The van der Waals surface area contributed by atoms with E-state index in [0.717, 1.165) is 34.6 Å². The van der Waals surface area contributed by atoms with Crippen molar-refractivity contribution >= 4 is 23.3 Å². The van der Waals surface area contributed by atoms with Gasteiger partial charge in [-0.15, -0.1) is 0 Å². The van der Waals surface area contributed by atoms with Crippen molar-refractivity contribution in [3.63, 3.8) is 0 Å². The lowest BCUT2D eigenvalue weighted by molar-refractivity contribution is -0.116. The summed E-state index contributed by atoms with van der Waals surface area (Å²) in [5.74, 6) is 1.65. The van der Waals surface area contributed by atoms with Crippen molar-refractivity contribution in [1.29, 1.82) is 0 Å². The lowest BCUT2D eigenvalue weighted by Gasteiger charge is -2.35. The highest BCUT2D eigenvalue weighted by molar-refractivity contribution is 6.30. The number of benzene rings is 2. The van der Waals surface area contributed by atoms with Crippen LogP contribution in [0.15, 0.2) is 66.1 Å². The Hall–Kier alpha value is -3.12. The van der Waals surface area contributed by atoms with Crippen LogP contribution >= 0.6 is 11.6 Å². The number of nitrogens with zero attached hydrogens (tertiary/aromatic N) is 3. The van der Waals surface area contributed by atoms with E-state index >= 15 is 0 Å². The maximum Gasteiger partial charge on any atom is 0.226 e. The standard InChI is InChI=1S/C22H19ClN4O2/c1-29-17-8-4-14(5-9-17)21-20-18(26-22-24-12-25-27(21)22)10-15(11-19(20)28)13-2-6-16(23)7-3-13/h2-9,12,15,21H,10-11H2,1H3,(H,24,25,26)/t15-,21-/m1/s1. The number of nitrogens with one attached hydrogen (secondary N) is 1. The second-order valence-corrected chi connectivity index (χ2v) is 7.74. The summed E-state index contributed by atoms with van der Waals surface area (Å²) >= 11 is 6.03. The Kier molecular flexibility index (Phi) is 4.36. The molecular formula is C22H19ClN4O2. The number of ketones is 1. The van der Waals surface area contributed by atoms with Gasteiger partial charge < -0.3 is 10.1 Å². The van der Waals surface area contributed by atoms with E-state index in [0.29, 0.717) is 17.4 Å². The van der Waals surface area contributed by atoms with Crippen molar-refractivity contribution in [3.8, 4) is 5.75 Å². The summed E-state index contributed by atoms with van der Waals surface area (Å²) in [5.41, 5.74) is 3.77. The van der Waals surface area contributed by atoms with Gasteiger partial charge in [-0.2, -0.15) is 10.1 Å². The van der Waals surface area contributed by atoms with Crippen LogP contribution in [-0.4, -0.2) is 27.7 Å². The SMILES string of the molecule is COc1ccc([C@@H]2C3=C(C[C@@H](c4ccc(Cl)cc4)CC3=O)Nc3ncnn32)cc1. The molecule has 1 N–H and O–H groups in total. The number of rotatable bonds is 3. The Bertz CT molecular complexity index is 1100. The third-order valence-electron chi connectivity index (χ3n) is 5.63. The first kappa shape index (κ1) is 17.9. The van der Waals surface area contributed by atoms with Gasteiger partial charge in [-0.3, -0.25) is 4.79 Å². The van der Waals surface area contributed by atoms with Crippen LogP contribution in [0.3, 0.4) is 0 Å². The van der Waals surface area contributed by atoms with Crippen LogP contribution in [0, 0.1) is 0 Å². The first-order valence-electron chi connectivity index (χ1n) is 9.46. The van der Waals surface area contributed by atoms with Crippen LogP contribution in [-0.2, 0) is 4.79 Å². The largest absolute Gasteiger partial charge is 0.497 e. The molecule has 146 valence electrons. The van der Waals surface area contributed by atoms with Gasteiger partial charge in [0.15, 0.2) is 5.78 Å². The Balaban J connectivity index is 1.56. The van der Waals surface area contributed by atoms with Gasteiger partial charge in [-0.1, -0.05) is 35.9 Å². The second kappa shape index (κ2) is 7.04. The number of halogens is 1. The summed E-state index contributed by atoms with van der Waals surface area (Å²) in [6, 6.07) is 15.2. The summed E-state index contributed by atoms with van der Waals surface area (Å²) in [4.78, 5) is 17.7. The molecular weight excluding hydrogens is 388 g/mol. The van der Waals surface area contributed by atoms with E-state index in [1.54, 1.807) is 11.8 Å². The van der Waals surface area contributed by atoms with Gasteiger partial charge in [0.25, 0.3) is 0 Å². The summed E-state index contributed by atoms with van der Waals surface area (Å²) < 4.78 is 7.05. The predicted molar refractivity (Wildman–Crippen MR) is 110 cm³/mol. The van der Waals surface area contributed by atoms with Gasteiger partial charge in [0.2, 0.25) is 5.95 Å². The topological polar surface area (TPSA) is 69.0 Å². The number of anilines is 1. The van der Waals surface area contributed by atoms with Crippen LogP contribution in [0.5, 0.6) is 5.75 Å². The first-order valence-corrected chi connectivity index (χ1v) is 9.84. The average Bonchev–Trinajstić information content (AvgIpc) is 3.21. The van der Waals surface area contributed by atoms with Crippen LogP contribution in [0.25, 0.3) is 0 Å². The zero-order valence-corrected chi connectivity index (χ0v) is 16.6. The van der Waals surface area contributed by atoms with Crippen molar-refractivity contribution in [1.82, 2.24) is 14.8 Å². The molecule has 0 radical (unpaired) electrons. The van der Waals surface area contributed by atoms with E-state index in [9.17, 15) is 4.79 Å². The lowest BCUT2D eigenvalue weighted by atomic mass is 9.78. The summed E-state index contributed by atoms with van der Waals surface area (Å²) in [7, 11) is 1.64. The van der Waals surface area contributed by atoms with Crippen molar-refractivity contribution < 1.29 is 9.53 Å². The van der Waals surface area contributed by atoms with Crippen LogP contribution < -0.4 is 10.1 Å². The number of aromatic nitrogens is 3. The molecule has 0 saturated heterocycles.